The number of hydrogen-bond acceptors (Lipinski definition) is 6. The fourth-order valence-electron chi connectivity index (χ4n) is 5.59. The summed E-state index contributed by atoms with van der Waals surface area (Å²) in [6.45, 7) is 7.85. The van der Waals surface area contributed by atoms with Gasteiger partial charge in [-0.2, -0.15) is 10.4 Å². The summed E-state index contributed by atoms with van der Waals surface area (Å²) in [5.74, 6) is -1.04. The Morgan fingerprint density at radius 3 is 2.37 bits per heavy atom. The van der Waals surface area contributed by atoms with Gasteiger partial charge in [0.05, 0.1) is 23.5 Å². The Labute approximate surface area is 222 Å². The Morgan fingerprint density at radius 2 is 1.79 bits per heavy atom. The third-order valence-electron chi connectivity index (χ3n) is 7.78. The molecule has 1 aliphatic heterocycles. The van der Waals surface area contributed by atoms with Gasteiger partial charge in [0.15, 0.2) is 0 Å². The van der Waals surface area contributed by atoms with Gasteiger partial charge in [0, 0.05) is 56.4 Å². The van der Waals surface area contributed by atoms with E-state index in [-0.39, 0.29) is 42.3 Å². The summed E-state index contributed by atoms with van der Waals surface area (Å²) >= 11 is 0. The Hall–Kier alpha value is -3.29. The standard InChI is InChI=1S/C28H37F2N7O/c1-7-20-15-37(25-13-27(38)34(6)26-17-35(10-9-31)32-28(25)26)21(8-2)14-36(20)18(3)19-11-23(29)22(16-33(4)5)24(30)12-19/h11-13,17-18,20-21H,7-8,10,14-16H2,1-6H3/t18-,20+,21-/m0/s1. The number of aromatic nitrogens is 3. The van der Waals surface area contributed by atoms with Crippen LogP contribution in [0.5, 0.6) is 0 Å². The molecular formula is C28H37F2N7O. The smallest absolute Gasteiger partial charge is 0.252 e. The number of fused-ring (bicyclic) bond motifs is 1. The van der Waals surface area contributed by atoms with Gasteiger partial charge in [0.1, 0.15) is 23.7 Å². The molecular weight excluding hydrogens is 488 g/mol. The SMILES string of the molecule is CC[C@H]1CN([C@@H](C)c2cc(F)c(CN(C)C)c(F)c2)[C@H](CC)CN1c1cc(=O)n(C)c2cn(CC#N)nc12. The summed E-state index contributed by atoms with van der Waals surface area (Å²) in [4.78, 5) is 19.2. The maximum absolute atomic E-state index is 14.9. The van der Waals surface area contributed by atoms with Crippen molar-refractivity contribution in [2.75, 3.05) is 32.1 Å². The van der Waals surface area contributed by atoms with Crippen LogP contribution in [0.3, 0.4) is 0 Å². The molecule has 0 aliphatic carbocycles. The molecule has 3 aromatic rings. The van der Waals surface area contributed by atoms with E-state index in [1.807, 2.05) is 6.92 Å². The summed E-state index contributed by atoms with van der Waals surface area (Å²) in [6, 6.07) is 6.66. The number of halogens is 2. The van der Waals surface area contributed by atoms with Gasteiger partial charge < -0.3 is 14.4 Å². The van der Waals surface area contributed by atoms with E-state index in [2.05, 4.69) is 34.8 Å². The maximum Gasteiger partial charge on any atom is 0.252 e. The summed E-state index contributed by atoms with van der Waals surface area (Å²) in [5, 5.41) is 13.8. The lowest BCUT2D eigenvalue weighted by Gasteiger charge is -2.49. The van der Waals surface area contributed by atoms with E-state index in [0.29, 0.717) is 29.7 Å². The van der Waals surface area contributed by atoms with Gasteiger partial charge in [-0.15, -0.1) is 0 Å². The van der Waals surface area contributed by atoms with Crippen LogP contribution in [-0.2, 0) is 20.1 Å². The first-order valence-electron chi connectivity index (χ1n) is 13.2. The quantitative estimate of drug-likeness (QED) is 0.442. The summed E-state index contributed by atoms with van der Waals surface area (Å²) in [7, 11) is 5.28. The molecule has 0 amide bonds. The van der Waals surface area contributed by atoms with Crippen molar-refractivity contribution in [3.8, 4) is 6.07 Å². The zero-order valence-electron chi connectivity index (χ0n) is 23.1. The van der Waals surface area contributed by atoms with Gasteiger partial charge >= 0.3 is 0 Å². The number of hydrogen-bond donors (Lipinski definition) is 0. The second-order valence-electron chi connectivity index (χ2n) is 10.5. The zero-order chi connectivity index (χ0) is 27.7. The first kappa shape index (κ1) is 27.7. The molecule has 2 aromatic heterocycles. The minimum Gasteiger partial charge on any atom is -0.364 e. The number of nitriles is 1. The Balaban J connectivity index is 1.69. The highest BCUT2D eigenvalue weighted by Crippen LogP contribution is 2.35. The first-order valence-corrected chi connectivity index (χ1v) is 13.2. The van der Waals surface area contributed by atoms with E-state index >= 15 is 0 Å². The molecule has 0 radical (unpaired) electrons. The van der Waals surface area contributed by atoms with Gasteiger partial charge in [-0.1, -0.05) is 13.8 Å². The number of benzene rings is 1. The molecule has 0 unspecified atom stereocenters. The van der Waals surface area contributed by atoms with Crippen LogP contribution in [-0.4, -0.2) is 63.4 Å². The zero-order valence-corrected chi connectivity index (χ0v) is 23.1. The summed E-state index contributed by atoms with van der Waals surface area (Å²) in [6.07, 6.45) is 3.39. The molecule has 1 fully saturated rings. The molecule has 1 aromatic carbocycles. The van der Waals surface area contributed by atoms with Crippen molar-refractivity contribution in [1.82, 2.24) is 24.1 Å². The average molecular weight is 526 g/mol. The maximum atomic E-state index is 14.9. The van der Waals surface area contributed by atoms with E-state index < -0.39 is 11.6 Å². The number of aryl methyl sites for hydroxylation is 1. The van der Waals surface area contributed by atoms with Crippen molar-refractivity contribution in [3.05, 3.63) is 57.5 Å². The third kappa shape index (κ3) is 5.18. The normalized spacial score (nSPS) is 19.3. The van der Waals surface area contributed by atoms with Crippen LogP contribution in [0.15, 0.2) is 29.2 Å². The van der Waals surface area contributed by atoms with Crippen molar-refractivity contribution in [2.24, 2.45) is 7.05 Å². The summed E-state index contributed by atoms with van der Waals surface area (Å²) < 4.78 is 33.0. The van der Waals surface area contributed by atoms with E-state index in [4.69, 9.17) is 5.26 Å². The molecule has 3 heterocycles. The van der Waals surface area contributed by atoms with Crippen LogP contribution < -0.4 is 10.5 Å². The molecule has 0 N–H and O–H groups in total. The molecule has 4 rings (SSSR count). The Kier molecular flexibility index (Phi) is 8.19. The first-order chi connectivity index (χ1) is 18.1. The molecule has 8 nitrogen and oxygen atoms in total. The van der Waals surface area contributed by atoms with Gasteiger partial charge in [-0.05, 0) is 51.6 Å². The molecule has 38 heavy (non-hydrogen) atoms. The van der Waals surface area contributed by atoms with E-state index in [0.717, 1.165) is 18.5 Å². The van der Waals surface area contributed by atoms with Crippen LogP contribution >= 0.6 is 0 Å². The minimum absolute atomic E-state index is 0.0689. The highest BCUT2D eigenvalue weighted by molar-refractivity contribution is 5.88. The van der Waals surface area contributed by atoms with Gasteiger partial charge in [0.2, 0.25) is 0 Å². The molecule has 0 saturated carbocycles. The van der Waals surface area contributed by atoms with Gasteiger partial charge in [-0.3, -0.25) is 14.4 Å². The predicted octanol–water partition coefficient (Wildman–Crippen LogP) is 4.04. The number of pyridine rings is 1. The highest BCUT2D eigenvalue weighted by atomic mass is 19.1. The van der Waals surface area contributed by atoms with E-state index in [9.17, 15) is 13.6 Å². The van der Waals surface area contributed by atoms with Crippen LogP contribution in [0.2, 0.25) is 0 Å². The lowest BCUT2D eigenvalue weighted by Crippen LogP contribution is -2.58. The molecule has 3 atom stereocenters. The molecule has 1 saturated heterocycles. The molecule has 10 heteroatoms. The molecule has 0 bridgehead atoms. The van der Waals surface area contributed by atoms with E-state index in [1.165, 1.54) is 12.1 Å². The lowest BCUT2D eigenvalue weighted by atomic mass is 9.95. The molecule has 204 valence electrons. The van der Waals surface area contributed by atoms with Crippen LogP contribution in [0.25, 0.3) is 11.0 Å². The Morgan fingerprint density at radius 1 is 1.13 bits per heavy atom. The monoisotopic (exact) mass is 525 g/mol. The van der Waals surface area contributed by atoms with E-state index in [1.54, 1.807) is 47.6 Å². The number of nitrogens with zero attached hydrogens (tertiary/aromatic N) is 7. The highest BCUT2D eigenvalue weighted by Gasteiger charge is 2.36. The van der Waals surface area contributed by atoms with Crippen molar-refractivity contribution < 1.29 is 8.78 Å². The van der Waals surface area contributed by atoms with Crippen LogP contribution in [0.4, 0.5) is 14.5 Å². The largest absolute Gasteiger partial charge is 0.364 e. The Bertz CT molecular complexity index is 1380. The fraction of sp³-hybridized carbons (Fsp3) is 0.536. The summed E-state index contributed by atoms with van der Waals surface area (Å²) in [5.41, 5.74) is 2.72. The van der Waals surface area contributed by atoms with Crippen molar-refractivity contribution in [1.29, 1.82) is 5.26 Å². The van der Waals surface area contributed by atoms with Crippen molar-refractivity contribution in [3.63, 3.8) is 0 Å². The topological polar surface area (TPSA) is 73.3 Å². The number of anilines is 1. The molecule has 1 aliphatic rings. The second-order valence-corrected chi connectivity index (χ2v) is 10.5. The number of rotatable bonds is 8. The van der Waals surface area contributed by atoms with Crippen LogP contribution in [0, 0.1) is 23.0 Å². The van der Waals surface area contributed by atoms with Crippen molar-refractivity contribution >= 4 is 16.7 Å². The fourth-order valence-corrected chi connectivity index (χ4v) is 5.59. The van der Waals surface area contributed by atoms with Gasteiger partial charge in [0.25, 0.3) is 5.56 Å². The lowest BCUT2D eigenvalue weighted by molar-refractivity contribution is 0.101. The second kappa shape index (κ2) is 11.2. The number of piperazine rings is 1. The minimum atomic E-state index is -0.519. The molecule has 0 spiro atoms. The predicted molar refractivity (Wildman–Crippen MR) is 145 cm³/mol. The van der Waals surface area contributed by atoms with Crippen LogP contribution in [0.1, 0.15) is 50.8 Å². The average Bonchev–Trinajstić information content (AvgIpc) is 3.31. The third-order valence-corrected chi connectivity index (χ3v) is 7.78. The van der Waals surface area contributed by atoms with Gasteiger partial charge in [-0.25, -0.2) is 8.78 Å². The van der Waals surface area contributed by atoms with Crippen molar-refractivity contribution in [2.45, 2.75) is 64.8 Å².